The van der Waals surface area contributed by atoms with Crippen molar-refractivity contribution in [3.05, 3.63) is 53.7 Å². The molecule has 4 rings (SSSR count). The van der Waals surface area contributed by atoms with Crippen molar-refractivity contribution in [1.29, 1.82) is 0 Å². The summed E-state index contributed by atoms with van der Waals surface area (Å²) in [6.07, 6.45) is 1.72. The van der Waals surface area contributed by atoms with Crippen LogP contribution >= 0.6 is 11.6 Å². The molecular formula is C15H8ClNO. The molecule has 0 aliphatic carbocycles. The number of furan rings is 1. The summed E-state index contributed by atoms with van der Waals surface area (Å²) in [7, 11) is 0. The van der Waals surface area contributed by atoms with E-state index in [-0.39, 0.29) is 0 Å². The smallest absolute Gasteiger partial charge is 0.136 e. The fourth-order valence-electron chi connectivity index (χ4n) is 2.33. The SMILES string of the molecule is Clc1ccnc2cc3c(cc12)oc1ccccc13. The molecule has 2 aromatic carbocycles. The van der Waals surface area contributed by atoms with E-state index in [1.54, 1.807) is 12.3 Å². The summed E-state index contributed by atoms with van der Waals surface area (Å²) in [6, 6.07) is 13.8. The zero-order chi connectivity index (χ0) is 12.1. The molecule has 0 N–H and O–H groups in total. The third kappa shape index (κ3) is 1.27. The highest BCUT2D eigenvalue weighted by atomic mass is 35.5. The van der Waals surface area contributed by atoms with E-state index in [4.69, 9.17) is 16.0 Å². The molecule has 0 atom stereocenters. The molecule has 0 saturated carbocycles. The molecular weight excluding hydrogens is 246 g/mol. The third-order valence-electron chi connectivity index (χ3n) is 3.19. The van der Waals surface area contributed by atoms with E-state index >= 15 is 0 Å². The molecule has 0 amide bonds. The quantitative estimate of drug-likeness (QED) is 0.450. The van der Waals surface area contributed by atoms with Crippen molar-refractivity contribution in [3.63, 3.8) is 0 Å². The molecule has 0 fully saturated rings. The number of halogens is 1. The number of nitrogens with zero attached hydrogens (tertiary/aromatic N) is 1. The highest BCUT2D eigenvalue weighted by Crippen LogP contribution is 2.33. The second kappa shape index (κ2) is 3.47. The summed E-state index contributed by atoms with van der Waals surface area (Å²) in [5.74, 6) is 0. The minimum atomic E-state index is 0.697. The van der Waals surface area contributed by atoms with Crippen molar-refractivity contribution in [2.24, 2.45) is 0 Å². The summed E-state index contributed by atoms with van der Waals surface area (Å²) >= 11 is 6.17. The van der Waals surface area contributed by atoms with Crippen LogP contribution in [-0.4, -0.2) is 4.98 Å². The Morgan fingerprint density at radius 2 is 1.78 bits per heavy atom. The monoisotopic (exact) mass is 253 g/mol. The van der Waals surface area contributed by atoms with E-state index in [0.717, 1.165) is 32.8 Å². The van der Waals surface area contributed by atoms with Crippen molar-refractivity contribution in [2.75, 3.05) is 0 Å². The van der Waals surface area contributed by atoms with Gasteiger partial charge in [0.1, 0.15) is 11.2 Å². The van der Waals surface area contributed by atoms with Crippen LogP contribution in [0.1, 0.15) is 0 Å². The summed E-state index contributed by atoms with van der Waals surface area (Å²) < 4.78 is 5.83. The Labute approximate surface area is 108 Å². The van der Waals surface area contributed by atoms with Gasteiger partial charge in [-0.1, -0.05) is 29.8 Å². The number of hydrogen-bond donors (Lipinski definition) is 0. The maximum Gasteiger partial charge on any atom is 0.136 e. The Morgan fingerprint density at radius 1 is 0.889 bits per heavy atom. The maximum atomic E-state index is 6.17. The Bertz CT molecular complexity index is 895. The molecule has 0 radical (unpaired) electrons. The predicted molar refractivity (Wildman–Crippen MR) is 74.0 cm³/mol. The van der Waals surface area contributed by atoms with Gasteiger partial charge in [-0.2, -0.15) is 0 Å². The van der Waals surface area contributed by atoms with E-state index < -0.39 is 0 Å². The summed E-state index contributed by atoms with van der Waals surface area (Å²) in [5, 5.41) is 3.80. The normalized spacial score (nSPS) is 11.6. The molecule has 0 aliphatic rings. The van der Waals surface area contributed by atoms with E-state index in [1.807, 2.05) is 30.3 Å². The van der Waals surface area contributed by atoms with E-state index in [9.17, 15) is 0 Å². The molecule has 18 heavy (non-hydrogen) atoms. The van der Waals surface area contributed by atoms with Crippen LogP contribution in [0.25, 0.3) is 32.8 Å². The van der Waals surface area contributed by atoms with Crippen LogP contribution in [0.3, 0.4) is 0 Å². The molecule has 2 heterocycles. The minimum absolute atomic E-state index is 0.697. The number of pyridine rings is 1. The molecule has 2 aromatic heterocycles. The fourth-order valence-corrected chi connectivity index (χ4v) is 2.54. The van der Waals surface area contributed by atoms with Gasteiger partial charge in [-0.05, 0) is 24.3 Å². The summed E-state index contributed by atoms with van der Waals surface area (Å²) in [6.45, 7) is 0. The number of hydrogen-bond acceptors (Lipinski definition) is 2. The first-order valence-corrected chi connectivity index (χ1v) is 6.06. The number of para-hydroxylation sites is 1. The average Bonchev–Trinajstić information content (AvgIpc) is 2.75. The van der Waals surface area contributed by atoms with Gasteiger partial charge in [0.15, 0.2) is 0 Å². The largest absolute Gasteiger partial charge is 0.456 e. The standard InChI is InChI=1S/C15H8ClNO/c16-12-5-6-17-13-7-10-9-3-1-2-4-14(9)18-15(10)8-11(12)13/h1-8H. The second-order valence-corrected chi connectivity index (χ2v) is 4.66. The molecule has 2 nitrogen and oxygen atoms in total. The number of rotatable bonds is 0. The van der Waals surface area contributed by atoms with Crippen molar-refractivity contribution < 1.29 is 4.42 Å². The van der Waals surface area contributed by atoms with Gasteiger partial charge < -0.3 is 4.42 Å². The Hall–Kier alpha value is -2.06. The average molecular weight is 254 g/mol. The highest BCUT2D eigenvalue weighted by Gasteiger charge is 2.09. The number of aromatic nitrogens is 1. The number of benzene rings is 2. The van der Waals surface area contributed by atoms with Crippen LogP contribution in [0.5, 0.6) is 0 Å². The molecule has 0 saturated heterocycles. The lowest BCUT2D eigenvalue weighted by Gasteiger charge is -1.98. The molecule has 0 spiro atoms. The van der Waals surface area contributed by atoms with Crippen molar-refractivity contribution >= 4 is 44.4 Å². The molecule has 4 aromatic rings. The predicted octanol–water partition coefficient (Wildman–Crippen LogP) is 4.79. The van der Waals surface area contributed by atoms with Gasteiger partial charge in [0.2, 0.25) is 0 Å². The van der Waals surface area contributed by atoms with Gasteiger partial charge in [-0.15, -0.1) is 0 Å². The van der Waals surface area contributed by atoms with Gasteiger partial charge in [0, 0.05) is 22.4 Å². The first kappa shape index (κ1) is 9.92. The minimum Gasteiger partial charge on any atom is -0.456 e. The molecule has 86 valence electrons. The highest BCUT2D eigenvalue weighted by molar-refractivity contribution is 6.35. The fraction of sp³-hybridized carbons (Fsp3) is 0. The van der Waals surface area contributed by atoms with Crippen LogP contribution < -0.4 is 0 Å². The molecule has 0 bridgehead atoms. The zero-order valence-electron chi connectivity index (χ0n) is 9.35. The van der Waals surface area contributed by atoms with Crippen LogP contribution in [0.2, 0.25) is 5.02 Å². The first-order valence-electron chi connectivity index (χ1n) is 5.68. The van der Waals surface area contributed by atoms with E-state index in [0.29, 0.717) is 5.02 Å². The van der Waals surface area contributed by atoms with Gasteiger partial charge in [0.25, 0.3) is 0 Å². The van der Waals surface area contributed by atoms with E-state index in [2.05, 4.69) is 11.1 Å². The Morgan fingerprint density at radius 3 is 2.72 bits per heavy atom. The lowest BCUT2D eigenvalue weighted by atomic mass is 10.1. The van der Waals surface area contributed by atoms with Gasteiger partial charge in [-0.3, -0.25) is 4.98 Å². The second-order valence-electron chi connectivity index (χ2n) is 4.26. The molecule has 0 aliphatic heterocycles. The van der Waals surface area contributed by atoms with E-state index in [1.165, 1.54) is 0 Å². The zero-order valence-corrected chi connectivity index (χ0v) is 10.1. The van der Waals surface area contributed by atoms with Crippen LogP contribution in [0.15, 0.2) is 53.1 Å². The number of fused-ring (bicyclic) bond motifs is 4. The van der Waals surface area contributed by atoms with Gasteiger partial charge in [0.05, 0.1) is 10.5 Å². The van der Waals surface area contributed by atoms with Crippen LogP contribution in [0.4, 0.5) is 0 Å². The Balaban J connectivity index is 2.27. The van der Waals surface area contributed by atoms with Crippen molar-refractivity contribution in [1.82, 2.24) is 4.98 Å². The topological polar surface area (TPSA) is 26.0 Å². The van der Waals surface area contributed by atoms with Crippen molar-refractivity contribution in [2.45, 2.75) is 0 Å². The maximum absolute atomic E-state index is 6.17. The lowest BCUT2D eigenvalue weighted by molar-refractivity contribution is 0.669. The molecule has 0 unspecified atom stereocenters. The molecule has 3 heteroatoms. The van der Waals surface area contributed by atoms with Crippen molar-refractivity contribution in [3.8, 4) is 0 Å². The third-order valence-corrected chi connectivity index (χ3v) is 3.52. The first-order chi connectivity index (χ1) is 8.83. The van der Waals surface area contributed by atoms with Crippen LogP contribution in [0, 0.1) is 0 Å². The Kier molecular flexibility index (Phi) is 1.91. The lowest BCUT2D eigenvalue weighted by Crippen LogP contribution is -1.78. The van der Waals surface area contributed by atoms with Gasteiger partial charge in [-0.25, -0.2) is 0 Å². The summed E-state index contributed by atoms with van der Waals surface area (Å²) in [4.78, 5) is 4.35. The summed E-state index contributed by atoms with van der Waals surface area (Å²) in [5.41, 5.74) is 2.62. The van der Waals surface area contributed by atoms with Crippen LogP contribution in [-0.2, 0) is 0 Å². The van der Waals surface area contributed by atoms with Gasteiger partial charge >= 0.3 is 0 Å².